The largest absolute Gasteiger partial charge is 0.472 e. The summed E-state index contributed by atoms with van der Waals surface area (Å²) in [6.07, 6.45) is 4.69. The van der Waals surface area contributed by atoms with Crippen LogP contribution >= 0.6 is 0 Å². The van der Waals surface area contributed by atoms with Gasteiger partial charge in [-0.2, -0.15) is 0 Å². The number of aromatic nitrogens is 1. The van der Waals surface area contributed by atoms with E-state index in [0.717, 1.165) is 24.5 Å². The van der Waals surface area contributed by atoms with Crippen molar-refractivity contribution in [3.8, 4) is 0 Å². The fraction of sp³-hybridized carbons (Fsp3) is 0.333. The number of nitrogens with one attached hydrogen (secondary N) is 1. The molecular formula is C15H17N3O3. The fourth-order valence-corrected chi connectivity index (χ4v) is 2.30. The maximum Gasteiger partial charge on any atom is 0.254 e. The van der Waals surface area contributed by atoms with Crippen LogP contribution in [0.2, 0.25) is 0 Å². The van der Waals surface area contributed by atoms with Crippen molar-refractivity contribution in [2.75, 3.05) is 31.2 Å². The summed E-state index contributed by atoms with van der Waals surface area (Å²) in [5.41, 5.74) is 1.52. The summed E-state index contributed by atoms with van der Waals surface area (Å²) in [4.78, 5) is 18.6. The molecule has 0 spiro atoms. The Morgan fingerprint density at radius 3 is 2.95 bits per heavy atom. The van der Waals surface area contributed by atoms with Crippen LogP contribution < -0.4 is 10.2 Å². The highest BCUT2D eigenvalue weighted by molar-refractivity contribution is 5.93. The van der Waals surface area contributed by atoms with Crippen LogP contribution in [0.3, 0.4) is 0 Å². The Balaban J connectivity index is 1.69. The molecule has 0 aromatic carbocycles. The first kappa shape index (κ1) is 13.6. The zero-order valence-electron chi connectivity index (χ0n) is 11.6. The molecule has 0 saturated carbocycles. The van der Waals surface area contributed by atoms with Crippen LogP contribution in [0.4, 0.5) is 5.82 Å². The number of morpholine rings is 1. The minimum atomic E-state index is -0.152. The van der Waals surface area contributed by atoms with Crippen molar-refractivity contribution >= 4 is 11.7 Å². The molecular weight excluding hydrogens is 270 g/mol. The summed E-state index contributed by atoms with van der Waals surface area (Å²) >= 11 is 0. The molecule has 1 amide bonds. The molecule has 6 nitrogen and oxygen atoms in total. The summed E-state index contributed by atoms with van der Waals surface area (Å²) < 4.78 is 10.3. The molecule has 0 atom stereocenters. The Morgan fingerprint density at radius 1 is 1.33 bits per heavy atom. The summed E-state index contributed by atoms with van der Waals surface area (Å²) in [6.45, 7) is 3.48. The van der Waals surface area contributed by atoms with E-state index in [-0.39, 0.29) is 5.91 Å². The maximum absolute atomic E-state index is 11.9. The van der Waals surface area contributed by atoms with Gasteiger partial charge in [0.05, 0.1) is 25.0 Å². The molecule has 1 N–H and O–H groups in total. The Kier molecular flexibility index (Phi) is 4.16. The number of pyridine rings is 1. The molecule has 3 heterocycles. The number of hydrogen-bond acceptors (Lipinski definition) is 5. The highest BCUT2D eigenvalue weighted by Gasteiger charge is 2.16. The first-order valence-electron chi connectivity index (χ1n) is 6.91. The predicted molar refractivity (Wildman–Crippen MR) is 77.1 cm³/mol. The quantitative estimate of drug-likeness (QED) is 0.921. The molecule has 3 rings (SSSR count). The second kappa shape index (κ2) is 6.41. The van der Waals surface area contributed by atoms with E-state index < -0.39 is 0 Å². The monoisotopic (exact) mass is 287 g/mol. The van der Waals surface area contributed by atoms with Crippen molar-refractivity contribution in [3.05, 3.63) is 48.0 Å². The normalized spacial score (nSPS) is 15.0. The van der Waals surface area contributed by atoms with Gasteiger partial charge in [-0.1, -0.05) is 6.07 Å². The van der Waals surface area contributed by atoms with Gasteiger partial charge < -0.3 is 19.4 Å². The van der Waals surface area contributed by atoms with Crippen LogP contribution in [0.1, 0.15) is 15.9 Å². The molecule has 1 saturated heterocycles. The van der Waals surface area contributed by atoms with Gasteiger partial charge in [0.15, 0.2) is 0 Å². The molecule has 0 bridgehead atoms. The first-order valence-corrected chi connectivity index (χ1v) is 6.91. The number of carbonyl (C=O) groups is 1. The lowest BCUT2D eigenvalue weighted by molar-refractivity contribution is 0.0950. The average Bonchev–Trinajstić information content (AvgIpc) is 3.08. The van der Waals surface area contributed by atoms with E-state index in [9.17, 15) is 4.79 Å². The van der Waals surface area contributed by atoms with E-state index in [1.807, 2.05) is 12.1 Å². The molecule has 2 aromatic rings. The molecule has 21 heavy (non-hydrogen) atoms. The van der Waals surface area contributed by atoms with Gasteiger partial charge in [-0.3, -0.25) is 4.79 Å². The van der Waals surface area contributed by atoms with Gasteiger partial charge in [0, 0.05) is 31.4 Å². The van der Waals surface area contributed by atoms with Crippen molar-refractivity contribution in [2.45, 2.75) is 6.54 Å². The third kappa shape index (κ3) is 3.22. The molecule has 1 fully saturated rings. The third-order valence-corrected chi connectivity index (χ3v) is 3.40. The first-order chi connectivity index (χ1) is 10.3. The van der Waals surface area contributed by atoms with Crippen LogP contribution in [0.25, 0.3) is 0 Å². The minimum absolute atomic E-state index is 0.152. The smallest absolute Gasteiger partial charge is 0.254 e. The Labute approximate surface area is 122 Å². The van der Waals surface area contributed by atoms with Gasteiger partial charge in [0.2, 0.25) is 0 Å². The zero-order valence-corrected chi connectivity index (χ0v) is 11.6. The van der Waals surface area contributed by atoms with Gasteiger partial charge in [-0.25, -0.2) is 4.98 Å². The highest BCUT2D eigenvalue weighted by atomic mass is 16.5. The molecule has 0 radical (unpaired) electrons. The van der Waals surface area contributed by atoms with E-state index in [1.54, 1.807) is 12.3 Å². The highest BCUT2D eigenvalue weighted by Crippen LogP contribution is 2.18. The van der Waals surface area contributed by atoms with Crippen molar-refractivity contribution in [1.29, 1.82) is 0 Å². The standard InChI is InChI=1S/C15H17N3O3/c19-15(13-3-7-21-11-13)17-10-12-2-1-4-16-14(12)18-5-8-20-9-6-18/h1-4,7,11H,5-6,8-10H2,(H,17,19). The SMILES string of the molecule is O=C(NCc1cccnc1N1CCOCC1)c1ccoc1. The Bertz CT molecular complexity index is 592. The number of amides is 1. The molecule has 1 aliphatic heterocycles. The van der Waals surface area contributed by atoms with Gasteiger partial charge in [-0.15, -0.1) is 0 Å². The topological polar surface area (TPSA) is 67.6 Å². The van der Waals surface area contributed by atoms with Crippen molar-refractivity contribution in [1.82, 2.24) is 10.3 Å². The van der Waals surface area contributed by atoms with E-state index in [4.69, 9.17) is 9.15 Å². The van der Waals surface area contributed by atoms with Gasteiger partial charge in [-0.05, 0) is 12.1 Å². The number of furan rings is 1. The number of rotatable bonds is 4. The maximum atomic E-state index is 11.9. The van der Waals surface area contributed by atoms with E-state index in [2.05, 4.69) is 15.2 Å². The summed E-state index contributed by atoms with van der Waals surface area (Å²) in [7, 11) is 0. The van der Waals surface area contributed by atoms with Crippen molar-refractivity contribution in [2.24, 2.45) is 0 Å². The molecule has 1 aliphatic rings. The summed E-state index contributed by atoms with van der Waals surface area (Å²) in [6, 6.07) is 5.50. The van der Waals surface area contributed by atoms with Gasteiger partial charge >= 0.3 is 0 Å². The predicted octanol–water partition coefficient (Wildman–Crippen LogP) is 1.44. The number of anilines is 1. The van der Waals surface area contributed by atoms with Crippen LogP contribution in [-0.4, -0.2) is 37.2 Å². The number of nitrogens with zero attached hydrogens (tertiary/aromatic N) is 2. The van der Waals surface area contributed by atoms with E-state index in [1.165, 1.54) is 12.5 Å². The molecule has 0 unspecified atom stereocenters. The number of carbonyl (C=O) groups excluding carboxylic acids is 1. The van der Waals surface area contributed by atoms with E-state index >= 15 is 0 Å². The fourth-order valence-electron chi connectivity index (χ4n) is 2.30. The lowest BCUT2D eigenvalue weighted by Gasteiger charge is -2.29. The number of ether oxygens (including phenoxy) is 1. The minimum Gasteiger partial charge on any atom is -0.472 e. The third-order valence-electron chi connectivity index (χ3n) is 3.40. The molecule has 0 aliphatic carbocycles. The second-order valence-electron chi connectivity index (χ2n) is 4.78. The van der Waals surface area contributed by atoms with Crippen LogP contribution in [0.15, 0.2) is 41.3 Å². The number of hydrogen-bond donors (Lipinski definition) is 1. The molecule has 2 aromatic heterocycles. The summed E-state index contributed by atoms with van der Waals surface area (Å²) in [5, 5.41) is 2.88. The Morgan fingerprint density at radius 2 is 2.19 bits per heavy atom. The average molecular weight is 287 g/mol. The lowest BCUT2D eigenvalue weighted by Crippen LogP contribution is -2.37. The van der Waals surface area contributed by atoms with Crippen LogP contribution in [-0.2, 0) is 11.3 Å². The molecule has 110 valence electrons. The van der Waals surface area contributed by atoms with Crippen LogP contribution in [0.5, 0.6) is 0 Å². The van der Waals surface area contributed by atoms with E-state index in [0.29, 0.717) is 25.3 Å². The van der Waals surface area contributed by atoms with Crippen molar-refractivity contribution in [3.63, 3.8) is 0 Å². The second-order valence-corrected chi connectivity index (χ2v) is 4.78. The Hall–Kier alpha value is -2.34. The van der Waals surface area contributed by atoms with Gasteiger partial charge in [0.1, 0.15) is 12.1 Å². The molecule has 6 heteroatoms. The van der Waals surface area contributed by atoms with Gasteiger partial charge in [0.25, 0.3) is 5.91 Å². The lowest BCUT2D eigenvalue weighted by atomic mass is 10.2. The van der Waals surface area contributed by atoms with Crippen molar-refractivity contribution < 1.29 is 13.9 Å². The van der Waals surface area contributed by atoms with Crippen LogP contribution in [0, 0.1) is 0 Å². The zero-order chi connectivity index (χ0) is 14.5. The summed E-state index contributed by atoms with van der Waals surface area (Å²) in [5.74, 6) is 0.758.